The van der Waals surface area contributed by atoms with Crippen molar-refractivity contribution in [3.63, 3.8) is 0 Å². The summed E-state index contributed by atoms with van der Waals surface area (Å²) in [6.45, 7) is 3.65. The van der Waals surface area contributed by atoms with Gasteiger partial charge in [-0.3, -0.25) is 14.4 Å². The molecule has 1 aliphatic carbocycles. The maximum absolute atomic E-state index is 13.6. The highest BCUT2D eigenvalue weighted by atomic mass is 16.6. The van der Waals surface area contributed by atoms with Gasteiger partial charge < -0.3 is 15.5 Å². The third kappa shape index (κ3) is 6.76. The summed E-state index contributed by atoms with van der Waals surface area (Å²) in [5.74, 6) is 0.181. The number of amides is 2. The highest BCUT2D eigenvalue weighted by Gasteiger charge is 2.38. The number of nitrogens with one attached hydrogen (secondary N) is 3. The van der Waals surface area contributed by atoms with E-state index >= 15 is 0 Å². The maximum Gasteiger partial charge on any atom is 0.245 e. The van der Waals surface area contributed by atoms with Crippen LogP contribution < -0.4 is 16.1 Å². The van der Waals surface area contributed by atoms with Crippen molar-refractivity contribution < 1.29 is 14.4 Å². The van der Waals surface area contributed by atoms with Gasteiger partial charge in [0.05, 0.1) is 12.6 Å². The molecule has 2 amide bonds. The van der Waals surface area contributed by atoms with Crippen LogP contribution in [0.5, 0.6) is 0 Å². The standard InChI is InChI=1S/C24H38N4O3/c1-18(25-2)23(29)27-22(20-12-7-4-8-13-20)24(30)28-15-9-14-21(28)16-26-31-17-19-10-5-3-6-11-19/h3,5-6,10-11,18,20-22,25-26H,4,7-9,12-17H2,1-2H3,(H,27,29)/t18-,21?,22-/m0/s1. The summed E-state index contributed by atoms with van der Waals surface area (Å²) in [7, 11) is 1.76. The fourth-order valence-corrected chi connectivity index (χ4v) is 4.64. The Kier molecular flexibility index (Phi) is 9.31. The summed E-state index contributed by atoms with van der Waals surface area (Å²) in [5.41, 5.74) is 4.16. The van der Waals surface area contributed by atoms with Gasteiger partial charge in [0.15, 0.2) is 0 Å². The Bertz CT molecular complexity index is 693. The maximum atomic E-state index is 13.6. The first-order chi connectivity index (χ1) is 15.1. The van der Waals surface area contributed by atoms with Gasteiger partial charge in [-0.05, 0) is 51.1 Å². The van der Waals surface area contributed by atoms with Crippen LogP contribution in [0.2, 0.25) is 0 Å². The number of likely N-dealkylation sites (tertiary alicyclic amines) is 1. The van der Waals surface area contributed by atoms with Crippen LogP contribution in [0.25, 0.3) is 0 Å². The van der Waals surface area contributed by atoms with Crippen LogP contribution in [-0.2, 0) is 21.0 Å². The Morgan fingerprint density at radius 3 is 2.55 bits per heavy atom. The minimum Gasteiger partial charge on any atom is -0.343 e. The van der Waals surface area contributed by atoms with Crippen LogP contribution >= 0.6 is 0 Å². The fourth-order valence-electron chi connectivity index (χ4n) is 4.64. The van der Waals surface area contributed by atoms with Crippen LogP contribution in [0.4, 0.5) is 0 Å². The van der Waals surface area contributed by atoms with Crippen molar-refractivity contribution in [1.82, 2.24) is 21.0 Å². The van der Waals surface area contributed by atoms with Gasteiger partial charge in [-0.2, -0.15) is 0 Å². The summed E-state index contributed by atoms with van der Waals surface area (Å²) >= 11 is 0. The quantitative estimate of drug-likeness (QED) is 0.392. The van der Waals surface area contributed by atoms with Gasteiger partial charge in [0.25, 0.3) is 0 Å². The van der Waals surface area contributed by atoms with Crippen LogP contribution in [0, 0.1) is 5.92 Å². The number of carbonyl (C=O) groups is 2. The SMILES string of the molecule is CN[C@@H](C)C(=O)N[C@H](C(=O)N1CCCC1CNOCc1ccccc1)C1CCCCC1. The Morgan fingerprint density at radius 1 is 1.10 bits per heavy atom. The van der Waals surface area contributed by atoms with Gasteiger partial charge >= 0.3 is 0 Å². The molecule has 3 atom stereocenters. The highest BCUT2D eigenvalue weighted by molar-refractivity contribution is 5.90. The van der Waals surface area contributed by atoms with Gasteiger partial charge in [0.1, 0.15) is 6.04 Å². The normalized spacial score (nSPS) is 21.6. The molecular formula is C24H38N4O3. The first-order valence-electron chi connectivity index (χ1n) is 11.8. The van der Waals surface area contributed by atoms with Crippen molar-refractivity contribution in [2.24, 2.45) is 5.92 Å². The smallest absolute Gasteiger partial charge is 0.245 e. The molecule has 1 aromatic rings. The Labute approximate surface area is 186 Å². The van der Waals surface area contributed by atoms with Crippen molar-refractivity contribution in [3.8, 4) is 0 Å². The zero-order valence-electron chi connectivity index (χ0n) is 18.9. The average molecular weight is 431 g/mol. The van der Waals surface area contributed by atoms with Gasteiger partial charge in [0, 0.05) is 19.1 Å². The predicted octanol–water partition coefficient (Wildman–Crippen LogP) is 2.37. The molecule has 1 saturated heterocycles. The van der Waals surface area contributed by atoms with E-state index in [-0.39, 0.29) is 29.8 Å². The topological polar surface area (TPSA) is 82.7 Å². The molecule has 2 aliphatic rings. The van der Waals surface area contributed by atoms with E-state index in [9.17, 15) is 9.59 Å². The number of likely N-dealkylation sites (N-methyl/N-ethyl adjacent to an activating group) is 1. The fraction of sp³-hybridized carbons (Fsp3) is 0.667. The van der Waals surface area contributed by atoms with Gasteiger partial charge in [-0.1, -0.05) is 49.6 Å². The molecule has 1 heterocycles. The molecule has 1 unspecified atom stereocenters. The minimum atomic E-state index is -0.436. The molecule has 1 aromatic carbocycles. The van der Waals surface area contributed by atoms with E-state index in [2.05, 4.69) is 16.1 Å². The lowest BCUT2D eigenvalue weighted by Crippen LogP contribution is -2.57. The monoisotopic (exact) mass is 430 g/mol. The zero-order chi connectivity index (χ0) is 22.1. The summed E-state index contributed by atoms with van der Waals surface area (Å²) in [6, 6.07) is 9.35. The Hall–Kier alpha value is -1.96. The highest BCUT2D eigenvalue weighted by Crippen LogP contribution is 2.29. The Morgan fingerprint density at radius 2 is 1.84 bits per heavy atom. The third-order valence-corrected chi connectivity index (χ3v) is 6.67. The van der Waals surface area contributed by atoms with E-state index in [0.29, 0.717) is 13.2 Å². The van der Waals surface area contributed by atoms with E-state index in [4.69, 9.17) is 4.84 Å². The number of hydroxylamine groups is 1. The molecule has 2 fully saturated rings. The van der Waals surface area contributed by atoms with Crippen molar-refractivity contribution >= 4 is 11.8 Å². The van der Waals surface area contributed by atoms with E-state index in [1.54, 1.807) is 7.05 Å². The molecule has 3 N–H and O–H groups in total. The molecule has 0 spiro atoms. The van der Waals surface area contributed by atoms with Gasteiger partial charge in [0.2, 0.25) is 11.8 Å². The number of rotatable bonds is 10. The molecule has 0 radical (unpaired) electrons. The third-order valence-electron chi connectivity index (χ3n) is 6.67. The summed E-state index contributed by atoms with van der Waals surface area (Å²) in [5, 5.41) is 6.05. The molecule has 7 nitrogen and oxygen atoms in total. The molecule has 0 bridgehead atoms. The number of carbonyl (C=O) groups excluding carboxylic acids is 2. The van der Waals surface area contributed by atoms with Crippen LogP contribution in [-0.4, -0.2) is 55.0 Å². The van der Waals surface area contributed by atoms with E-state index in [1.165, 1.54) is 6.42 Å². The summed E-state index contributed by atoms with van der Waals surface area (Å²) in [4.78, 5) is 33.8. The lowest BCUT2D eigenvalue weighted by Gasteiger charge is -2.35. The predicted molar refractivity (Wildman–Crippen MR) is 121 cm³/mol. The number of benzene rings is 1. The first-order valence-corrected chi connectivity index (χ1v) is 11.8. The molecule has 1 aliphatic heterocycles. The molecular weight excluding hydrogens is 392 g/mol. The van der Waals surface area contributed by atoms with Gasteiger partial charge in [-0.25, -0.2) is 5.48 Å². The summed E-state index contributed by atoms with van der Waals surface area (Å²) < 4.78 is 0. The van der Waals surface area contributed by atoms with Crippen molar-refractivity contribution in [3.05, 3.63) is 35.9 Å². The number of hydrogen-bond donors (Lipinski definition) is 3. The van der Waals surface area contributed by atoms with Crippen molar-refractivity contribution in [2.45, 2.75) is 76.6 Å². The zero-order valence-corrected chi connectivity index (χ0v) is 18.9. The number of nitrogens with zero attached hydrogens (tertiary/aromatic N) is 1. The lowest BCUT2D eigenvalue weighted by molar-refractivity contribution is -0.139. The van der Waals surface area contributed by atoms with E-state index < -0.39 is 6.04 Å². The molecule has 172 valence electrons. The second-order valence-corrected chi connectivity index (χ2v) is 8.85. The average Bonchev–Trinajstić information content (AvgIpc) is 3.29. The molecule has 3 rings (SSSR count). The van der Waals surface area contributed by atoms with Crippen LogP contribution in [0.3, 0.4) is 0 Å². The molecule has 7 heteroatoms. The second kappa shape index (κ2) is 12.2. The van der Waals surface area contributed by atoms with Gasteiger partial charge in [-0.15, -0.1) is 0 Å². The van der Waals surface area contributed by atoms with Crippen molar-refractivity contribution in [1.29, 1.82) is 0 Å². The Balaban J connectivity index is 1.58. The van der Waals surface area contributed by atoms with Crippen LogP contribution in [0.15, 0.2) is 30.3 Å². The minimum absolute atomic E-state index is 0.0657. The number of hydrogen-bond acceptors (Lipinski definition) is 5. The van der Waals surface area contributed by atoms with Crippen LogP contribution in [0.1, 0.15) is 57.4 Å². The summed E-state index contributed by atoms with van der Waals surface area (Å²) in [6.07, 6.45) is 7.41. The lowest BCUT2D eigenvalue weighted by atomic mass is 9.83. The second-order valence-electron chi connectivity index (χ2n) is 8.85. The van der Waals surface area contributed by atoms with E-state index in [0.717, 1.165) is 50.6 Å². The largest absolute Gasteiger partial charge is 0.343 e. The van der Waals surface area contributed by atoms with Crippen molar-refractivity contribution in [2.75, 3.05) is 20.1 Å². The first kappa shape index (κ1) is 23.7. The molecule has 1 saturated carbocycles. The molecule has 0 aromatic heterocycles. The molecule has 31 heavy (non-hydrogen) atoms. The van der Waals surface area contributed by atoms with E-state index in [1.807, 2.05) is 42.2 Å².